The molecule has 3 aromatic rings. The Morgan fingerprint density at radius 3 is 2.26 bits per heavy atom. The molecule has 4 nitrogen and oxygen atoms in total. The quantitative estimate of drug-likeness (QED) is 0.194. The maximum absolute atomic E-state index is 13.0. The SMILES string of the molecule is CC(C)Oc1ccc(CCCNC(=S)Nc2cccc(C(=O)c3ccc(C(C)(C)C)cc3)c2)cc1. The van der Waals surface area contributed by atoms with E-state index in [0.717, 1.165) is 30.8 Å². The van der Waals surface area contributed by atoms with Gasteiger partial charge in [-0.2, -0.15) is 0 Å². The van der Waals surface area contributed by atoms with Gasteiger partial charge in [0.1, 0.15) is 5.75 Å². The second kappa shape index (κ2) is 12.0. The van der Waals surface area contributed by atoms with Gasteiger partial charge in [-0.3, -0.25) is 4.79 Å². The van der Waals surface area contributed by atoms with Gasteiger partial charge in [0.2, 0.25) is 0 Å². The summed E-state index contributed by atoms with van der Waals surface area (Å²) in [4.78, 5) is 13.0. The zero-order valence-corrected chi connectivity index (χ0v) is 22.2. The minimum atomic E-state index is -0.00204. The van der Waals surface area contributed by atoms with Gasteiger partial charge in [-0.1, -0.05) is 69.3 Å². The van der Waals surface area contributed by atoms with Crippen LogP contribution < -0.4 is 15.4 Å². The van der Waals surface area contributed by atoms with E-state index in [4.69, 9.17) is 17.0 Å². The number of ketones is 1. The van der Waals surface area contributed by atoms with Crippen LogP contribution in [0, 0.1) is 0 Å². The summed E-state index contributed by atoms with van der Waals surface area (Å²) in [5, 5.41) is 6.99. The molecule has 3 aromatic carbocycles. The lowest BCUT2D eigenvalue weighted by Gasteiger charge is -2.19. The lowest BCUT2D eigenvalue weighted by molar-refractivity contribution is 0.103. The minimum absolute atomic E-state index is 0.00204. The molecule has 0 aliphatic rings. The molecule has 0 saturated carbocycles. The van der Waals surface area contributed by atoms with Gasteiger partial charge < -0.3 is 15.4 Å². The van der Waals surface area contributed by atoms with Crippen molar-refractivity contribution in [2.75, 3.05) is 11.9 Å². The Balaban J connectivity index is 1.48. The molecular formula is C30H36N2O2S. The fraction of sp³-hybridized carbons (Fsp3) is 0.333. The van der Waals surface area contributed by atoms with E-state index in [-0.39, 0.29) is 17.3 Å². The van der Waals surface area contributed by atoms with Crippen LogP contribution in [0.5, 0.6) is 5.75 Å². The molecule has 184 valence electrons. The van der Waals surface area contributed by atoms with Gasteiger partial charge in [-0.25, -0.2) is 0 Å². The normalized spacial score (nSPS) is 11.3. The first-order chi connectivity index (χ1) is 16.6. The molecule has 0 heterocycles. The molecule has 5 heteroatoms. The molecule has 0 aliphatic carbocycles. The Morgan fingerprint density at radius 1 is 0.943 bits per heavy atom. The van der Waals surface area contributed by atoms with Gasteiger partial charge in [0.25, 0.3) is 0 Å². The predicted molar refractivity (Wildman–Crippen MR) is 150 cm³/mol. The van der Waals surface area contributed by atoms with E-state index in [1.807, 2.05) is 74.5 Å². The van der Waals surface area contributed by atoms with Crippen LogP contribution >= 0.6 is 12.2 Å². The molecule has 0 bridgehead atoms. The number of carbonyl (C=O) groups is 1. The zero-order chi connectivity index (χ0) is 25.4. The lowest BCUT2D eigenvalue weighted by atomic mass is 9.86. The Hall–Kier alpha value is -3.18. The first kappa shape index (κ1) is 26.4. The fourth-order valence-corrected chi connectivity index (χ4v) is 3.92. The number of benzene rings is 3. The Morgan fingerprint density at radius 2 is 1.63 bits per heavy atom. The van der Waals surface area contributed by atoms with E-state index in [1.165, 1.54) is 11.1 Å². The van der Waals surface area contributed by atoms with E-state index in [0.29, 0.717) is 16.2 Å². The second-order valence-electron chi connectivity index (χ2n) is 10.0. The topological polar surface area (TPSA) is 50.4 Å². The van der Waals surface area contributed by atoms with Crippen LogP contribution in [0.25, 0.3) is 0 Å². The minimum Gasteiger partial charge on any atom is -0.491 e. The lowest BCUT2D eigenvalue weighted by Crippen LogP contribution is -2.29. The van der Waals surface area contributed by atoms with E-state index < -0.39 is 0 Å². The number of nitrogens with one attached hydrogen (secondary N) is 2. The summed E-state index contributed by atoms with van der Waals surface area (Å²) in [5.74, 6) is 0.896. The highest BCUT2D eigenvalue weighted by Crippen LogP contribution is 2.23. The van der Waals surface area contributed by atoms with Crippen molar-refractivity contribution < 1.29 is 9.53 Å². The molecule has 2 N–H and O–H groups in total. The van der Waals surface area contributed by atoms with Crippen molar-refractivity contribution in [3.63, 3.8) is 0 Å². The number of ether oxygens (including phenoxy) is 1. The third kappa shape index (κ3) is 8.22. The number of thiocarbonyl (C=S) groups is 1. The van der Waals surface area contributed by atoms with Crippen LogP contribution in [0.1, 0.15) is 68.1 Å². The van der Waals surface area contributed by atoms with E-state index in [1.54, 1.807) is 0 Å². The third-order valence-electron chi connectivity index (χ3n) is 5.62. The van der Waals surface area contributed by atoms with Crippen LogP contribution in [0.2, 0.25) is 0 Å². The third-order valence-corrected chi connectivity index (χ3v) is 5.87. The van der Waals surface area contributed by atoms with Crippen molar-refractivity contribution in [3.8, 4) is 5.75 Å². The number of aryl methyl sites for hydroxylation is 1. The molecule has 0 amide bonds. The van der Waals surface area contributed by atoms with Crippen molar-refractivity contribution in [2.24, 2.45) is 0 Å². The zero-order valence-electron chi connectivity index (χ0n) is 21.4. The maximum atomic E-state index is 13.0. The molecule has 0 fully saturated rings. The summed E-state index contributed by atoms with van der Waals surface area (Å²) in [6.07, 6.45) is 2.09. The average Bonchev–Trinajstić information content (AvgIpc) is 2.82. The molecule has 0 saturated heterocycles. The summed E-state index contributed by atoms with van der Waals surface area (Å²) < 4.78 is 5.69. The average molecular weight is 489 g/mol. The summed E-state index contributed by atoms with van der Waals surface area (Å²) in [7, 11) is 0. The molecule has 0 atom stereocenters. The summed E-state index contributed by atoms with van der Waals surface area (Å²) in [6, 6.07) is 23.6. The Bertz CT molecular complexity index is 1130. The van der Waals surface area contributed by atoms with Crippen molar-refractivity contribution in [2.45, 2.75) is 59.0 Å². The molecule has 0 spiro atoms. The van der Waals surface area contributed by atoms with E-state index in [9.17, 15) is 4.79 Å². The van der Waals surface area contributed by atoms with Gasteiger partial charge in [-0.05, 0) is 79.7 Å². The highest BCUT2D eigenvalue weighted by molar-refractivity contribution is 7.80. The fourth-order valence-electron chi connectivity index (χ4n) is 3.70. The monoisotopic (exact) mass is 488 g/mol. The first-order valence-electron chi connectivity index (χ1n) is 12.2. The van der Waals surface area contributed by atoms with Crippen molar-refractivity contribution in [3.05, 3.63) is 95.1 Å². The van der Waals surface area contributed by atoms with E-state index in [2.05, 4.69) is 43.5 Å². The number of rotatable bonds is 9. The summed E-state index contributed by atoms with van der Waals surface area (Å²) in [6.45, 7) is 11.3. The molecule has 0 aliphatic heterocycles. The first-order valence-corrected chi connectivity index (χ1v) is 12.6. The van der Waals surface area contributed by atoms with Gasteiger partial charge in [-0.15, -0.1) is 0 Å². The Labute approximate surface area is 215 Å². The number of carbonyl (C=O) groups excluding carboxylic acids is 1. The predicted octanol–water partition coefficient (Wildman–Crippen LogP) is 6.92. The molecule has 35 heavy (non-hydrogen) atoms. The number of hydrogen-bond acceptors (Lipinski definition) is 3. The van der Waals surface area contributed by atoms with Crippen molar-refractivity contribution in [1.29, 1.82) is 0 Å². The van der Waals surface area contributed by atoms with Crippen LogP contribution in [0.3, 0.4) is 0 Å². The molecule has 0 aromatic heterocycles. The van der Waals surface area contributed by atoms with Crippen molar-refractivity contribution >= 4 is 28.8 Å². The van der Waals surface area contributed by atoms with Crippen LogP contribution in [0.15, 0.2) is 72.8 Å². The highest BCUT2D eigenvalue weighted by atomic mass is 32.1. The maximum Gasteiger partial charge on any atom is 0.193 e. The van der Waals surface area contributed by atoms with Crippen LogP contribution in [0.4, 0.5) is 5.69 Å². The van der Waals surface area contributed by atoms with Gasteiger partial charge >= 0.3 is 0 Å². The largest absolute Gasteiger partial charge is 0.491 e. The molecular weight excluding hydrogens is 452 g/mol. The second-order valence-corrected chi connectivity index (χ2v) is 10.4. The molecule has 0 unspecified atom stereocenters. The van der Waals surface area contributed by atoms with Gasteiger partial charge in [0.15, 0.2) is 10.9 Å². The smallest absolute Gasteiger partial charge is 0.193 e. The number of hydrogen-bond donors (Lipinski definition) is 2. The summed E-state index contributed by atoms with van der Waals surface area (Å²) >= 11 is 5.45. The van der Waals surface area contributed by atoms with Gasteiger partial charge in [0.05, 0.1) is 6.10 Å². The van der Waals surface area contributed by atoms with Crippen molar-refractivity contribution in [1.82, 2.24) is 5.32 Å². The summed E-state index contributed by atoms with van der Waals surface area (Å²) in [5.41, 5.74) is 4.63. The molecule has 3 rings (SSSR count). The molecule has 0 radical (unpaired) electrons. The number of anilines is 1. The van der Waals surface area contributed by atoms with Crippen LogP contribution in [-0.4, -0.2) is 23.5 Å². The Kier molecular flexibility index (Phi) is 9.05. The van der Waals surface area contributed by atoms with Crippen LogP contribution in [-0.2, 0) is 11.8 Å². The highest BCUT2D eigenvalue weighted by Gasteiger charge is 2.15. The van der Waals surface area contributed by atoms with E-state index >= 15 is 0 Å². The van der Waals surface area contributed by atoms with Gasteiger partial charge in [0, 0.05) is 23.4 Å². The standard InChI is InChI=1S/C30H36N2O2S/c1-21(2)34-27-17-11-22(12-18-27)8-7-19-31-29(35)32-26-10-6-9-24(20-26)28(33)23-13-15-25(16-14-23)30(3,4)5/h6,9-18,20-21H,7-8,19H2,1-5H3,(H2,31,32,35).